The van der Waals surface area contributed by atoms with Crippen LogP contribution < -0.4 is 31.4 Å². The van der Waals surface area contributed by atoms with E-state index in [4.69, 9.17) is 38.7 Å². The Balaban J connectivity index is 1.02. The van der Waals surface area contributed by atoms with Crippen molar-refractivity contribution in [1.29, 1.82) is 0 Å². The van der Waals surface area contributed by atoms with Crippen LogP contribution in [0.1, 0.15) is 53.8 Å². The van der Waals surface area contributed by atoms with E-state index in [1.165, 1.54) is 48.3 Å². The highest BCUT2D eigenvalue weighted by atomic mass is 32.2. The molecule has 0 radical (unpaired) electrons. The SMILES string of the molecule is CC/N=c1\ccc2c(-c3ccccc3C(=O)N(C)CCCC(=O)NCCOCCOCCC(=O)NCCNC(=O)c3cccc(OCC(N=[N+]=[N-])OCCOCC(=O)O)c3)c3ccc(NCC)c(S(=O)(=O)O)c3oc-2c1S(=O)(=O)O. The topological polar surface area (TPSA) is 386 Å². The second-order valence-corrected chi connectivity index (χ2v) is 19.9. The summed E-state index contributed by atoms with van der Waals surface area (Å²) in [6.45, 7) is 4.16. The van der Waals surface area contributed by atoms with E-state index in [0.717, 1.165) is 0 Å². The lowest BCUT2D eigenvalue weighted by Gasteiger charge is -2.23. The van der Waals surface area contributed by atoms with Crippen LogP contribution in [0.5, 0.6) is 5.75 Å². The van der Waals surface area contributed by atoms with Crippen molar-refractivity contribution < 1.29 is 83.1 Å². The maximum absolute atomic E-state index is 14.2. The lowest BCUT2D eigenvalue weighted by molar-refractivity contribution is -0.143. The van der Waals surface area contributed by atoms with Crippen molar-refractivity contribution in [2.24, 2.45) is 10.1 Å². The van der Waals surface area contributed by atoms with Gasteiger partial charge < -0.3 is 59.4 Å². The van der Waals surface area contributed by atoms with Crippen LogP contribution >= 0.6 is 0 Å². The molecule has 1 unspecified atom stereocenters. The normalized spacial score (nSPS) is 12.1. The number of nitrogens with zero attached hydrogens (tertiary/aromatic N) is 5. The molecule has 0 fully saturated rings. The van der Waals surface area contributed by atoms with Gasteiger partial charge in [0.25, 0.3) is 32.1 Å². The van der Waals surface area contributed by atoms with E-state index in [1.54, 1.807) is 50.2 Å². The lowest BCUT2D eigenvalue weighted by atomic mass is 9.90. The first-order valence-electron chi connectivity index (χ1n) is 25.0. The zero-order valence-electron chi connectivity index (χ0n) is 44.0. The summed E-state index contributed by atoms with van der Waals surface area (Å²) in [6.07, 6.45) is -0.655. The Morgan fingerprint density at radius 2 is 1.48 bits per heavy atom. The summed E-state index contributed by atoms with van der Waals surface area (Å²) in [7, 11) is -8.59. The Morgan fingerprint density at radius 3 is 2.19 bits per heavy atom. The van der Waals surface area contributed by atoms with Gasteiger partial charge in [-0.25, -0.2) is 4.79 Å². The number of azide groups is 1. The molecule has 1 aliphatic heterocycles. The molecule has 0 bridgehead atoms. The largest absolute Gasteiger partial charge is 0.491 e. The number of benzene rings is 4. The number of aliphatic carboxylic acids is 1. The summed E-state index contributed by atoms with van der Waals surface area (Å²) in [5.74, 6) is -2.83. The van der Waals surface area contributed by atoms with Crippen LogP contribution in [0.2, 0.25) is 0 Å². The second-order valence-electron chi connectivity index (χ2n) is 17.2. The number of ether oxygens (including phenoxy) is 5. The zero-order valence-corrected chi connectivity index (χ0v) is 45.7. The summed E-state index contributed by atoms with van der Waals surface area (Å²) >= 11 is 0. The standard InChI is InChI=1S/C51H63N9O18S2/c1-4-53-39-17-15-37-45(38-16-18-40(54-5-2)49(80(70,71)72)47(38)78-46(37)48(39)79(67,68)69)35-12-6-7-13-36(35)51(66)60(3)23-9-14-41(61)56-22-25-74-27-26-73-24-19-42(62)55-20-21-57-50(65)33-10-8-11-34(30-33)77-31-43(58-59-52)76-29-28-75-32-44(63)64/h6-8,10-13,15-18,30,43,53H,4-5,9,14,19-29,31-32H2,1-3H3,(H,55,62)(H,56,61)(H,57,65)(H,63,64)(H,67,68,69)(H,70,71,72)/b54-40+. The van der Waals surface area contributed by atoms with Gasteiger partial charge in [0, 0.05) is 91.7 Å². The van der Waals surface area contributed by atoms with Crippen molar-refractivity contribution in [3.63, 3.8) is 0 Å². The molecular formula is C51H63N9O18S2. The van der Waals surface area contributed by atoms with Crippen LogP contribution in [0.15, 0.2) is 97.1 Å². The minimum absolute atomic E-state index is 0.0436. The first kappa shape index (κ1) is 63.1. The van der Waals surface area contributed by atoms with Crippen molar-refractivity contribution in [2.45, 2.75) is 49.1 Å². The Morgan fingerprint density at radius 1 is 0.775 bits per heavy atom. The lowest BCUT2D eigenvalue weighted by Crippen LogP contribution is -2.35. The zero-order chi connectivity index (χ0) is 58.2. The summed E-state index contributed by atoms with van der Waals surface area (Å²) in [4.78, 5) is 69.3. The summed E-state index contributed by atoms with van der Waals surface area (Å²) < 4.78 is 106. The predicted molar refractivity (Wildman–Crippen MR) is 288 cm³/mol. The molecule has 1 aliphatic carbocycles. The van der Waals surface area contributed by atoms with Crippen LogP contribution in [0.3, 0.4) is 0 Å². The van der Waals surface area contributed by atoms with E-state index in [-0.39, 0.29) is 161 Å². The number of amides is 4. The van der Waals surface area contributed by atoms with Gasteiger partial charge in [0.15, 0.2) is 27.4 Å². The summed E-state index contributed by atoms with van der Waals surface area (Å²) in [5.41, 5.74) is 9.17. The van der Waals surface area contributed by atoms with E-state index in [9.17, 15) is 49.9 Å². The maximum Gasteiger partial charge on any atom is 0.329 e. The number of fused-ring (bicyclic) bond motifs is 2. The fourth-order valence-corrected chi connectivity index (χ4v) is 9.51. The fourth-order valence-electron chi connectivity index (χ4n) is 7.93. The van der Waals surface area contributed by atoms with Gasteiger partial charge in [0.1, 0.15) is 19.0 Å². The third-order valence-corrected chi connectivity index (χ3v) is 13.2. The van der Waals surface area contributed by atoms with Crippen molar-refractivity contribution in [3.8, 4) is 28.2 Å². The quantitative estimate of drug-likeness (QED) is 0.00760. The number of nitrogens with one attached hydrogen (secondary N) is 4. The van der Waals surface area contributed by atoms with Gasteiger partial charge in [0.2, 0.25) is 11.8 Å². The summed E-state index contributed by atoms with van der Waals surface area (Å²) in [6, 6.07) is 18.3. The number of rotatable bonds is 34. The van der Waals surface area contributed by atoms with E-state index in [2.05, 4.69) is 36.3 Å². The van der Waals surface area contributed by atoms with Crippen LogP contribution in [-0.2, 0) is 53.6 Å². The van der Waals surface area contributed by atoms with Crippen molar-refractivity contribution in [3.05, 3.63) is 99.7 Å². The van der Waals surface area contributed by atoms with Gasteiger partial charge in [-0.2, -0.15) is 16.8 Å². The molecule has 1 atom stereocenters. The predicted octanol–water partition coefficient (Wildman–Crippen LogP) is 4.12. The van der Waals surface area contributed by atoms with Crippen LogP contribution in [0.4, 0.5) is 5.69 Å². The molecule has 4 amide bonds. The van der Waals surface area contributed by atoms with E-state index < -0.39 is 72.0 Å². The number of anilines is 1. The van der Waals surface area contributed by atoms with Crippen molar-refractivity contribution >= 4 is 66.5 Å². The third-order valence-electron chi connectivity index (χ3n) is 11.4. The maximum atomic E-state index is 14.2. The van der Waals surface area contributed by atoms with Gasteiger partial charge in [-0.05, 0) is 79.9 Å². The molecule has 7 N–H and O–H groups in total. The van der Waals surface area contributed by atoms with Crippen molar-refractivity contribution in [2.75, 3.05) is 104 Å². The highest BCUT2D eigenvalue weighted by Crippen LogP contribution is 2.46. The number of carboxylic acids is 1. The fraction of sp³-hybridized carbons (Fsp3) is 0.412. The van der Waals surface area contributed by atoms with Crippen LogP contribution in [0.25, 0.3) is 43.9 Å². The average Bonchev–Trinajstić information content (AvgIpc) is 3.57. The van der Waals surface area contributed by atoms with Gasteiger partial charge in [0.05, 0.1) is 50.7 Å². The number of carbonyl (C=O) groups excluding carboxylic acids is 4. The Hall–Kier alpha value is -7.73. The third kappa shape index (κ3) is 18.7. The molecule has 432 valence electrons. The Labute approximate surface area is 460 Å². The molecule has 3 aromatic rings. The number of hydrogen-bond acceptors (Lipinski definition) is 18. The van der Waals surface area contributed by atoms with Crippen LogP contribution in [-0.4, -0.2) is 171 Å². The van der Waals surface area contributed by atoms with E-state index in [0.29, 0.717) is 5.75 Å². The average molecular weight is 1150 g/mol. The van der Waals surface area contributed by atoms with Crippen LogP contribution in [0, 0.1) is 0 Å². The molecule has 0 saturated heterocycles. The molecule has 27 nitrogen and oxygen atoms in total. The molecule has 3 aromatic carbocycles. The first-order valence-corrected chi connectivity index (χ1v) is 27.9. The van der Waals surface area contributed by atoms with Gasteiger partial charge in [-0.1, -0.05) is 29.4 Å². The molecule has 5 rings (SSSR count). The molecule has 0 aromatic heterocycles. The highest BCUT2D eigenvalue weighted by molar-refractivity contribution is 7.86. The minimum atomic E-state index is -5.08. The monoisotopic (exact) mass is 1150 g/mol. The van der Waals surface area contributed by atoms with Gasteiger partial charge in [-0.15, -0.1) is 0 Å². The van der Waals surface area contributed by atoms with E-state index in [1.807, 2.05) is 0 Å². The second kappa shape index (κ2) is 31.2. The Bertz CT molecular complexity index is 3300. The molecule has 0 saturated carbocycles. The van der Waals surface area contributed by atoms with Crippen molar-refractivity contribution in [1.82, 2.24) is 20.9 Å². The number of carbonyl (C=O) groups is 5. The molecule has 0 spiro atoms. The Kier molecular flexibility index (Phi) is 24.6. The van der Waals surface area contributed by atoms with E-state index >= 15 is 0 Å². The number of carboxylic acid groups (broad SMARTS) is 1. The molecular weight excluding hydrogens is 1090 g/mol. The van der Waals surface area contributed by atoms with Gasteiger partial charge >= 0.3 is 5.97 Å². The highest BCUT2D eigenvalue weighted by Gasteiger charge is 2.32. The van der Waals surface area contributed by atoms with Gasteiger partial charge in [-0.3, -0.25) is 33.3 Å². The molecule has 29 heteroatoms. The summed E-state index contributed by atoms with van der Waals surface area (Å²) in [5, 5.41) is 23.0. The smallest absolute Gasteiger partial charge is 0.329 e. The molecule has 2 aliphatic rings. The number of hydrogen-bond donors (Lipinski definition) is 7. The minimum Gasteiger partial charge on any atom is -0.491 e. The first-order chi connectivity index (χ1) is 38.3. The molecule has 80 heavy (non-hydrogen) atoms. The molecule has 1 heterocycles.